The van der Waals surface area contributed by atoms with Crippen molar-refractivity contribution in [3.05, 3.63) is 93.8 Å². The van der Waals surface area contributed by atoms with Crippen LogP contribution in [0.1, 0.15) is 40.0 Å². The zero-order valence-electron chi connectivity index (χ0n) is 19.5. The Kier molecular flexibility index (Phi) is 7.39. The van der Waals surface area contributed by atoms with Gasteiger partial charge in [0.25, 0.3) is 5.91 Å². The van der Waals surface area contributed by atoms with Gasteiger partial charge in [0.1, 0.15) is 5.82 Å². The first-order valence-electron chi connectivity index (χ1n) is 11.2. The average Bonchev–Trinajstić information content (AvgIpc) is 2.82. The number of hydrogen-bond donors (Lipinski definition) is 1. The number of fused-ring (bicyclic) bond motifs is 1. The molecule has 5 nitrogen and oxygen atoms in total. The number of ether oxygens (including phenoxy) is 2. The third-order valence-corrected chi connectivity index (χ3v) is 6.45. The van der Waals surface area contributed by atoms with E-state index in [-0.39, 0.29) is 23.8 Å². The van der Waals surface area contributed by atoms with Crippen molar-refractivity contribution in [1.29, 1.82) is 0 Å². The van der Waals surface area contributed by atoms with E-state index in [0.717, 1.165) is 29.7 Å². The van der Waals surface area contributed by atoms with E-state index < -0.39 is 0 Å². The summed E-state index contributed by atoms with van der Waals surface area (Å²) in [6.45, 7) is 3.28. The average molecular weight is 483 g/mol. The van der Waals surface area contributed by atoms with Crippen LogP contribution in [-0.2, 0) is 13.0 Å². The van der Waals surface area contributed by atoms with Crippen molar-refractivity contribution in [2.24, 2.45) is 0 Å². The van der Waals surface area contributed by atoms with Gasteiger partial charge in [0.05, 0.1) is 20.3 Å². The van der Waals surface area contributed by atoms with Crippen LogP contribution in [0.4, 0.5) is 4.39 Å². The van der Waals surface area contributed by atoms with E-state index in [2.05, 4.69) is 10.2 Å². The van der Waals surface area contributed by atoms with E-state index in [0.29, 0.717) is 28.6 Å². The summed E-state index contributed by atoms with van der Waals surface area (Å²) >= 11 is 6.08. The summed E-state index contributed by atoms with van der Waals surface area (Å²) in [5.74, 6) is 0.842. The van der Waals surface area contributed by atoms with Crippen LogP contribution < -0.4 is 14.8 Å². The van der Waals surface area contributed by atoms with Gasteiger partial charge in [-0.25, -0.2) is 4.39 Å². The molecule has 1 aliphatic heterocycles. The molecule has 0 spiro atoms. The highest BCUT2D eigenvalue weighted by atomic mass is 35.5. The minimum Gasteiger partial charge on any atom is -0.493 e. The molecule has 0 saturated carbocycles. The highest BCUT2D eigenvalue weighted by Gasteiger charge is 2.34. The van der Waals surface area contributed by atoms with Gasteiger partial charge in [-0.15, -0.1) is 0 Å². The first kappa shape index (κ1) is 24.0. The van der Waals surface area contributed by atoms with E-state index in [1.807, 2.05) is 25.1 Å². The lowest BCUT2D eigenvalue weighted by Crippen LogP contribution is -2.47. The smallest absolute Gasteiger partial charge is 0.251 e. The molecule has 1 heterocycles. The molecular weight excluding hydrogens is 455 g/mol. The number of halogens is 2. The molecule has 34 heavy (non-hydrogen) atoms. The molecule has 1 aliphatic rings. The molecule has 0 unspecified atom stereocenters. The van der Waals surface area contributed by atoms with Gasteiger partial charge >= 0.3 is 0 Å². The third kappa shape index (κ3) is 5.18. The van der Waals surface area contributed by atoms with Crippen LogP contribution in [0.2, 0.25) is 5.02 Å². The lowest BCUT2D eigenvalue weighted by atomic mass is 9.87. The Bertz CT molecular complexity index is 1190. The standard InChI is InChI=1S/C27H28ClFN2O3/c1-17(30-27(32)20-7-5-8-21(28)13-20)26-23-15-25(34-3)24(33-2)14-19(23)10-11-31(26)16-18-6-4-9-22(29)12-18/h4-9,12-15,17,26H,10-11,16H2,1-3H3,(H,30,32)/t17-,26+/m0/s1. The highest BCUT2D eigenvalue weighted by molar-refractivity contribution is 6.30. The Labute approximate surface area is 204 Å². The van der Waals surface area contributed by atoms with Crippen molar-refractivity contribution >= 4 is 17.5 Å². The zero-order chi connectivity index (χ0) is 24.2. The van der Waals surface area contributed by atoms with E-state index in [1.54, 1.807) is 50.6 Å². The number of amides is 1. The van der Waals surface area contributed by atoms with Crippen LogP contribution in [-0.4, -0.2) is 37.6 Å². The van der Waals surface area contributed by atoms with Crippen molar-refractivity contribution in [2.45, 2.75) is 32.0 Å². The molecule has 2 atom stereocenters. The summed E-state index contributed by atoms with van der Waals surface area (Å²) in [4.78, 5) is 15.3. The van der Waals surface area contributed by atoms with Crippen molar-refractivity contribution < 1.29 is 18.7 Å². The summed E-state index contributed by atoms with van der Waals surface area (Å²) < 4.78 is 24.9. The lowest BCUT2D eigenvalue weighted by molar-refractivity contribution is 0.0877. The van der Waals surface area contributed by atoms with Gasteiger partial charge in [0.15, 0.2) is 11.5 Å². The molecule has 1 amide bonds. The van der Waals surface area contributed by atoms with E-state index in [9.17, 15) is 9.18 Å². The summed E-state index contributed by atoms with van der Waals surface area (Å²) in [5.41, 5.74) is 3.57. The van der Waals surface area contributed by atoms with Crippen molar-refractivity contribution in [2.75, 3.05) is 20.8 Å². The van der Waals surface area contributed by atoms with Crippen LogP contribution in [0.25, 0.3) is 0 Å². The number of nitrogens with one attached hydrogen (secondary N) is 1. The van der Waals surface area contributed by atoms with Gasteiger partial charge in [-0.1, -0.05) is 29.8 Å². The fourth-order valence-corrected chi connectivity index (χ4v) is 4.85. The first-order valence-corrected chi connectivity index (χ1v) is 11.6. The maximum absolute atomic E-state index is 13.9. The molecule has 0 bridgehead atoms. The van der Waals surface area contributed by atoms with Crippen LogP contribution in [0.15, 0.2) is 60.7 Å². The van der Waals surface area contributed by atoms with Gasteiger partial charge < -0.3 is 14.8 Å². The minimum atomic E-state index is -0.264. The van der Waals surface area contributed by atoms with Crippen molar-refractivity contribution in [3.8, 4) is 11.5 Å². The predicted molar refractivity (Wildman–Crippen MR) is 131 cm³/mol. The number of carbonyl (C=O) groups is 1. The fourth-order valence-electron chi connectivity index (χ4n) is 4.66. The number of rotatable bonds is 7. The largest absolute Gasteiger partial charge is 0.493 e. The molecule has 0 saturated heterocycles. The van der Waals surface area contributed by atoms with Crippen LogP contribution in [0, 0.1) is 5.82 Å². The molecule has 178 valence electrons. The molecule has 0 fully saturated rings. The maximum Gasteiger partial charge on any atom is 0.251 e. The Morgan fingerprint density at radius 1 is 1.12 bits per heavy atom. The summed E-state index contributed by atoms with van der Waals surface area (Å²) in [5, 5.41) is 3.65. The Morgan fingerprint density at radius 2 is 1.85 bits per heavy atom. The number of hydrogen-bond acceptors (Lipinski definition) is 4. The Morgan fingerprint density at radius 3 is 2.56 bits per heavy atom. The topological polar surface area (TPSA) is 50.8 Å². The summed E-state index contributed by atoms with van der Waals surface area (Å²) in [6, 6.07) is 17.1. The van der Waals surface area contributed by atoms with Gasteiger partial charge in [-0.05, 0) is 72.5 Å². The Hall–Kier alpha value is -3.09. The number of carbonyl (C=O) groups excluding carboxylic acids is 1. The maximum atomic E-state index is 13.9. The van der Waals surface area contributed by atoms with Gasteiger partial charge in [0.2, 0.25) is 0 Å². The molecule has 0 radical (unpaired) electrons. The van der Waals surface area contributed by atoms with Crippen LogP contribution in [0.5, 0.6) is 11.5 Å². The molecule has 4 rings (SSSR count). The second-order valence-corrected chi connectivity index (χ2v) is 8.91. The van der Waals surface area contributed by atoms with Crippen LogP contribution >= 0.6 is 11.6 Å². The molecule has 3 aromatic rings. The molecule has 0 aromatic heterocycles. The highest BCUT2D eigenvalue weighted by Crippen LogP contribution is 2.40. The van der Waals surface area contributed by atoms with Crippen LogP contribution in [0.3, 0.4) is 0 Å². The lowest BCUT2D eigenvalue weighted by Gasteiger charge is -2.41. The number of benzene rings is 3. The normalized spacial score (nSPS) is 16.4. The van der Waals surface area contributed by atoms with Gasteiger partial charge in [-0.2, -0.15) is 0 Å². The molecule has 1 N–H and O–H groups in total. The van der Waals surface area contributed by atoms with E-state index in [4.69, 9.17) is 21.1 Å². The van der Waals surface area contributed by atoms with Crippen molar-refractivity contribution in [3.63, 3.8) is 0 Å². The molecule has 0 aliphatic carbocycles. The summed E-state index contributed by atoms with van der Waals surface area (Å²) in [6.07, 6.45) is 0.802. The number of methoxy groups -OCH3 is 2. The quantitative estimate of drug-likeness (QED) is 0.489. The minimum absolute atomic E-state index is 0.157. The predicted octanol–water partition coefficient (Wildman–Crippen LogP) is 5.41. The van der Waals surface area contributed by atoms with Gasteiger partial charge in [-0.3, -0.25) is 9.69 Å². The SMILES string of the molecule is COc1cc2c(cc1OC)[C@@H]([C@H](C)NC(=O)c1cccc(Cl)c1)N(Cc1cccc(F)c1)CC2. The van der Waals surface area contributed by atoms with E-state index >= 15 is 0 Å². The molecular formula is C27H28ClFN2O3. The van der Waals surface area contributed by atoms with Gasteiger partial charge in [0, 0.05) is 29.7 Å². The monoisotopic (exact) mass is 482 g/mol. The summed E-state index contributed by atoms with van der Waals surface area (Å²) in [7, 11) is 3.23. The van der Waals surface area contributed by atoms with Crippen molar-refractivity contribution in [1.82, 2.24) is 10.2 Å². The Balaban J connectivity index is 1.69. The fraction of sp³-hybridized carbons (Fsp3) is 0.296. The van der Waals surface area contributed by atoms with E-state index in [1.165, 1.54) is 6.07 Å². The zero-order valence-corrected chi connectivity index (χ0v) is 20.2. The first-order chi connectivity index (χ1) is 16.4. The molecule has 3 aromatic carbocycles. The molecule has 7 heteroatoms. The second-order valence-electron chi connectivity index (χ2n) is 8.47. The second kappa shape index (κ2) is 10.5. The third-order valence-electron chi connectivity index (χ3n) is 6.22. The number of nitrogens with zero attached hydrogens (tertiary/aromatic N) is 1.